The van der Waals surface area contributed by atoms with E-state index in [1.807, 2.05) is 26.0 Å². The van der Waals surface area contributed by atoms with Crippen molar-refractivity contribution in [1.29, 1.82) is 0 Å². The van der Waals surface area contributed by atoms with Gasteiger partial charge >= 0.3 is 0 Å². The molecule has 0 fully saturated rings. The Labute approximate surface area is 69.6 Å². The Morgan fingerprint density at radius 3 is 1.91 bits per heavy atom. The van der Waals surface area contributed by atoms with Gasteiger partial charge in [-0.1, -0.05) is 31.4 Å². The van der Waals surface area contributed by atoms with Crippen molar-refractivity contribution < 1.29 is 0 Å². The average molecular weight is 148 g/mol. The van der Waals surface area contributed by atoms with Gasteiger partial charge in [-0.25, -0.2) is 0 Å². The zero-order valence-electron chi connectivity index (χ0n) is 7.65. The molecule has 0 unspecified atom stereocenters. The van der Waals surface area contributed by atoms with Crippen LogP contribution < -0.4 is 0 Å². The van der Waals surface area contributed by atoms with Gasteiger partial charge in [0.05, 0.1) is 0 Å². The van der Waals surface area contributed by atoms with E-state index in [1.54, 1.807) is 0 Å². The first-order chi connectivity index (χ1) is 5.17. The highest BCUT2D eigenvalue weighted by atomic mass is 14.0. The molecule has 0 aromatic rings. The molecular formula is C11H16. The Bertz CT molecular complexity index is 214. The largest absolute Gasteiger partial charge is 0.0988 e. The fraction of sp³-hybridized carbons (Fsp3) is 0.273. The minimum absolute atomic E-state index is 1.18. The maximum Gasteiger partial charge on any atom is -0.0207 e. The standard InChI is InChI=1S/C11H16/c1-6-9(4)11(8-3)10(5)7-2/h6-8H,1,3H2,2,4-5H3/b10-7-,11-9-. The van der Waals surface area contributed by atoms with Crippen LogP contribution >= 0.6 is 0 Å². The molecule has 0 radical (unpaired) electrons. The van der Waals surface area contributed by atoms with Crippen LogP contribution in [0.2, 0.25) is 0 Å². The summed E-state index contributed by atoms with van der Waals surface area (Å²) in [5.41, 5.74) is 3.61. The van der Waals surface area contributed by atoms with Gasteiger partial charge in [0.2, 0.25) is 0 Å². The van der Waals surface area contributed by atoms with Gasteiger partial charge in [-0.3, -0.25) is 0 Å². The Morgan fingerprint density at radius 1 is 1.09 bits per heavy atom. The maximum atomic E-state index is 3.75. The summed E-state index contributed by atoms with van der Waals surface area (Å²) in [5, 5.41) is 0. The smallest absolute Gasteiger partial charge is 0.0207 e. The summed E-state index contributed by atoms with van der Waals surface area (Å²) in [5.74, 6) is 0. The third-order valence-electron chi connectivity index (χ3n) is 1.79. The van der Waals surface area contributed by atoms with E-state index in [4.69, 9.17) is 0 Å². The second-order valence-corrected chi connectivity index (χ2v) is 2.48. The monoisotopic (exact) mass is 148 g/mol. The van der Waals surface area contributed by atoms with Gasteiger partial charge in [0.15, 0.2) is 0 Å². The molecule has 60 valence electrons. The van der Waals surface area contributed by atoms with Crippen molar-refractivity contribution in [2.24, 2.45) is 0 Å². The summed E-state index contributed by atoms with van der Waals surface area (Å²) in [6.07, 6.45) is 5.79. The molecule has 0 aromatic heterocycles. The predicted molar refractivity (Wildman–Crippen MR) is 52.5 cm³/mol. The molecule has 0 aliphatic carbocycles. The van der Waals surface area contributed by atoms with Crippen LogP contribution in [0, 0.1) is 0 Å². The van der Waals surface area contributed by atoms with Crippen molar-refractivity contribution >= 4 is 0 Å². The van der Waals surface area contributed by atoms with E-state index < -0.39 is 0 Å². The number of rotatable bonds is 3. The summed E-state index contributed by atoms with van der Waals surface area (Å²) < 4.78 is 0. The lowest BCUT2D eigenvalue weighted by Gasteiger charge is -2.03. The molecule has 0 bridgehead atoms. The zero-order chi connectivity index (χ0) is 8.85. The SMILES string of the molecule is C=C/C(C)=C(C=C)\C(C)=C/C. The van der Waals surface area contributed by atoms with Crippen LogP contribution in [0.5, 0.6) is 0 Å². The molecule has 0 spiro atoms. The van der Waals surface area contributed by atoms with Crippen molar-refractivity contribution in [3.63, 3.8) is 0 Å². The second-order valence-electron chi connectivity index (χ2n) is 2.48. The normalized spacial score (nSPS) is 13.9. The molecule has 0 heterocycles. The second kappa shape index (κ2) is 4.73. The number of hydrogen-bond acceptors (Lipinski definition) is 0. The Hall–Kier alpha value is -1.04. The molecule has 0 atom stereocenters. The van der Waals surface area contributed by atoms with E-state index >= 15 is 0 Å². The van der Waals surface area contributed by atoms with E-state index in [2.05, 4.69) is 26.2 Å². The van der Waals surface area contributed by atoms with Crippen molar-refractivity contribution in [2.75, 3.05) is 0 Å². The van der Waals surface area contributed by atoms with Crippen molar-refractivity contribution in [1.82, 2.24) is 0 Å². The van der Waals surface area contributed by atoms with Gasteiger partial charge < -0.3 is 0 Å². The van der Waals surface area contributed by atoms with Crippen molar-refractivity contribution in [3.05, 3.63) is 48.1 Å². The third kappa shape index (κ3) is 2.58. The first-order valence-corrected chi connectivity index (χ1v) is 3.76. The van der Waals surface area contributed by atoms with Gasteiger partial charge in [-0.2, -0.15) is 0 Å². The summed E-state index contributed by atoms with van der Waals surface area (Å²) >= 11 is 0. The fourth-order valence-corrected chi connectivity index (χ4v) is 0.898. The lowest BCUT2D eigenvalue weighted by Crippen LogP contribution is -1.84. The molecule has 0 aromatic carbocycles. The van der Waals surface area contributed by atoms with E-state index in [1.165, 1.54) is 16.7 Å². The first kappa shape index (κ1) is 9.96. The minimum atomic E-state index is 1.18. The van der Waals surface area contributed by atoms with Gasteiger partial charge in [0.25, 0.3) is 0 Å². The van der Waals surface area contributed by atoms with Crippen LogP contribution in [0.1, 0.15) is 20.8 Å². The highest BCUT2D eigenvalue weighted by molar-refractivity contribution is 5.43. The van der Waals surface area contributed by atoms with Crippen LogP contribution in [0.15, 0.2) is 48.1 Å². The summed E-state index contributed by atoms with van der Waals surface area (Å²) in [6.45, 7) is 13.6. The molecular weight excluding hydrogens is 132 g/mol. The van der Waals surface area contributed by atoms with Crippen LogP contribution in [0.4, 0.5) is 0 Å². The van der Waals surface area contributed by atoms with Crippen LogP contribution in [0.25, 0.3) is 0 Å². The molecule has 0 aliphatic heterocycles. The third-order valence-corrected chi connectivity index (χ3v) is 1.79. The first-order valence-electron chi connectivity index (χ1n) is 3.76. The molecule has 0 heteroatoms. The summed E-state index contributed by atoms with van der Waals surface area (Å²) in [6, 6.07) is 0. The maximum absolute atomic E-state index is 3.75. The van der Waals surface area contributed by atoms with Gasteiger partial charge in [-0.15, -0.1) is 0 Å². The molecule has 0 N–H and O–H groups in total. The highest BCUT2D eigenvalue weighted by Gasteiger charge is 1.95. The molecule has 0 nitrogen and oxygen atoms in total. The minimum Gasteiger partial charge on any atom is -0.0988 e. The lowest BCUT2D eigenvalue weighted by atomic mass is 10.0. The van der Waals surface area contributed by atoms with E-state index in [0.717, 1.165) is 0 Å². The van der Waals surface area contributed by atoms with Gasteiger partial charge in [0.1, 0.15) is 0 Å². The Balaban J connectivity index is 4.95. The Morgan fingerprint density at radius 2 is 1.64 bits per heavy atom. The molecule has 0 amide bonds. The molecule has 0 saturated carbocycles. The summed E-state index contributed by atoms with van der Waals surface area (Å²) in [7, 11) is 0. The van der Waals surface area contributed by atoms with E-state index in [9.17, 15) is 0 Å². The van der Waals surface area contributed by atoms with Gasteiger partial charge in [-0.05, 0) is 37.5 Å². The quantitative estimate of drug-likeness (QED) is 0.536. The number of allylic oxidation sites excluding steroid dienone is 6. The highest BCUT2D eigenvalue weighted by Crippen LogP contribution is 2.15. The van der Waals surface area contributed by atoms with Crippen molar-refractivity contribution in [2.45, 2.75) is 20.8 Å². The van der Waals surface area contributed by atoms with Crippen LogP contribution in [0.3, 0.4) is 0 Å². The average Bonchev–Trinajstić information content (AvgIpc) is 2.05. The number of hydrogen-bond donors (Lipinski definition) is 0. The molecule has 11 heavy (non-hydrogen) atoms. The van der Waals surface area contributed by atoms with E-state index in [0.29, 0.717) is 0 Å². The van der Waals surface area contributed by atoms with Crippen molar-refractivity contribution in [3.8, 4) is 0 Å². The lowest BCUT2D eigenvalue weighted by molar-refractivity contribution is 1.33. The van der Waals surface area contributed by atoms with Crippen LogP contribution in [-0.4, -0.2) is 0 Å². The summed E-state index contributed by atoms with van der Waals surface area (Å²) in [4.78, 5) is 0. The fourth-order valence-electron chi connectivity index (χ4n) is 0.898. The van der Waals surface area contributed by atoms with Gasteiger partial charge in [0, 0.05) is 0 Å². The molecule has 0 rings (SSSR count). The Kier molecular flexibility index (Phi) is 4.28. The van der Waals surface area contributed by atoms with E-state index in [-0.39, 0.29) is 0 Å². The topological polar surface area (TPSA) is 0 Å². The molecule has 0 saturated heterocycles. The zero-order valence-corrected chi connectivity index (χ0v) is 7.65. The predicted octanol–water partition coefficient (Wildman–Crippen LogP) is 3.64. The molecule has 0 aliphatic rings. The van der Waals surface area contributed by atoms with Crippen LogP contribution in [-0.2, 0) is 0 Å².